The third-order valence-electron chi connectivity index (χ3n) is 8.15. The van der Waals surface area contributed by atoms with Gasteiger partial charge in [0.25, 0.3) is 0 Å². The number of ether oxygens (including phenoxy) is 4. The van der Waals surface area contributed by atoms with Crippen LogP contribution in [0.2, 0.25) is 0 Å². The van der Waals surface area contributed by atoms with E-state index in [2.05, 4.69) is 30.1 Å². The van der Waals surface area contributed by atoms with Crippen LogP contribution in [-0.2, 0) is 20.7 Å². The van der Waals surface area contributed by atoms with Crippen LogP contribution in [0.4, 0.5) is 0 Å². The van der Waals surface area contributed by atoms with Crippen LogP contribution in [0.15, 0.2) is 18.2 Å². The van der Waals surface area contributed by atoms with Crippen molar-refractivity contribution >= 4 is 5.91 Å². The maximum atomic E-state index is 13.2. The number of rotatable bonds is 19. The molecule has 236 valence electrons. The first kappa shape index (κ1) is 35.3. The average molecular weight is 580 g/mol. The number of hydrogen-bond acceptors (Lipinski definition) is 8. The van der Waals surface area contributed by atoms with E-state index in [0.29, 0.717) is 37.7 Å². The molecule has 4 N–H and O–H groups in total. The van der Waals surface area contributed by atoms with Gasteiger partial charge in [-0.25, -0.2) is 0 Å². The van der Waals surface area contributed by atoms with Crippen molar-refractivity contribution in [3.63, 3.8) is 0 Å². The lowest BCUT2D eigenvalue weighted by Crippen LogP contribution is -2.49. The summed E-state index contributed by atoms with van der Waals surface area (Å²) < 4.78 is 22.0. The smallest absolute Gasteiger partial charge is 0.223 e. The van der Waals surface area contributed by atoms with Crippen molar-refractivity contribution in [2.45, 2.75) is 78.5 Å². The fourth-order valence-corrected chi connectivity index (χ4v) is 5.43. The minimum Gasteiger partial charge on any atom is -0.493 e. The highest BCUT2D eigenvalue weighted by Crippen LogP contribution is 2.31. The van der Waals surface area contributed by atoms with Gasteiger partial charge < -0.3 is 35.1 Å². The van der Waals surface area contributed by atoms with E-state index in [4.69, 9.17) is 24.7 Å². The molecule has 41 heavy (non-hydrogen) atoms. The normalized spacial score (nSPS) is 18.1. The summed E-state index contributed by atoms with van der Waals surface area (Å²) in [5.41, 5.74) is 7.74. The quantitative estimate of drug-likeness (QED) is 0.213. The summed E-state index contributed by atoms with van der Waals surface area (Å²) in [4.78, 5) is 15.5. The first-order chi connectivity index (χ1) is 19.5. The standard InChI is InChI=1S/C32H57N3O6/c1-22(2)26(17-25-9-10-30(39-7)31(18-25)41-14-8-13-38-6)19-28(33)29(36)20-27(23(3)4)32(37)34-24(5)21-35-11-15-40-16-12-35/h9-10,18,22-24,26-29,36H,8,11-17,19-21,33H2,1-7H3,(H,34,37)/t24-,26+,27+,28+,29+/m1/s1. The van der Waals surface area contributed by atoms with Crippen molar-refractivity contribution in [2.75, 3.05) is 60.3 Å². The Morgan fingerprint density at radius 2 is 1.76 bits per heavy atom. The number of nitrogens with two attached hydrogens (primary N) is 1. The van der Waals surface area contributed by atoms with Crippen LogP contribution in [0.25, 0.3) is 0 Å². The summed E-state index contributed by atoms with van der Waals surface area (Å²) in [5.74, 6) is 1.83. The Morgan fingerprint density at radius 1 is 1.05 bits per heavy atom. The maximum Gasteiger partial charge on any atom is 0.223 e. The molecule has 1 aliphatic heterocycles. The molecule has 2 rings (SSSR count). The van der Waals surface area contributed by atoms with Gasteiger partial charge in [0.2, 0.25) is 5.91 Å². The Labute approximate surface area is 248 Å². The highest BCUT2D eigenvalue weighted by atomic mass is 16.5. The number of methoxy groups -OCH3 is 2. The van der Waals surface area contributed by atoms with Crippen molar-refractivity contribution in [1.29, 1.82) is 0 Å². The summed E-state index contributed by atoms with van der Waals surface area (Å²) in [6, 6.07) is 5.65. The number of morpholine rings is 1. The summed E-state index contributed by atoms with van der Waals surface area (Å²) in [6.07, 6.45) is 1.85. The molecular formula is C32H57N3O6. The average Bonchev–Trinajstić information content (AvgIpc) is 2.93. The van der Waals surface area contributed by atoms with E-state index in [0.717, 1.165) is 57.0 Å². The highest BCUT2D eigenvalue weighted by Gasteiger charge is 2.30. The van der Waals surface area contributed by atoms with Crippen molar-refractivity contribution in [2.24, 2.45) is 29.4 Å². The Kier molecular flexibility index (Phi) is 16.0. The Bertz CT molecular complexity index is 877. The van der Waals surface area contributed by atoms with Gasteiger partial charge in [-0.3, -0.25) is 9.69 Å². The molecule has 0 unspecified atom stereocenters. The molecule has 0 radical (unpaired) electrons. The first-order valence-electron chi connectivity index (χ1n) is 15.4. The zero-order valence-electron chi connectivity index (χ0n) is 26.6. The maximum absolute atomic E-state index is 13.2. The number of aliphatic hydroxyl groups is 1. The molecule has 0 spiro atoms. The van der Waals surface area contributed by atoms with E-state index in [1.807, 2.05) is 32.9 Å². The molecule has 1 heterocycles. The fourth-order valence-electron chi connectivity index (χ4n) is 5.43. The van der Waals surface area contributed by atoms with Crippen molar-refractivity contribution in [3.8, 4) is 11.5 Å². The Balaban J connectivity index is 1.97. The van der Waals surface area contributed by atoms with Crippen LogP contribution >= 0.6 is 0 Å². The second-order valence-corrected chi connectivity index (χ2v) is 12.3. The fraction of sp³-hybridized carbons (Fsp3) is 0.781. The zero-order chi connectivity index (χ0) is 30.4. The zero-order valence-corrected chi connectivity index (χ0v) is 26.6. The highest BCUT2D eigenvalue weighted by molar-refractivity contribution is 5.79. The van der Waals surface area contributed by atoms with Crippen molar-refractivity contribution in [3.05, 3.63) is 23.8 Å². The Morgan fingerprint density at radius 3 is 2.37 bits per heavy atom. The lowest BCUT2D eigenvalue weighted by Gasteiger charge is -2.32. The monoisotopic (exact) mass is 579 g/mol. The van der Waals surface area contributed by atoms with Gasteiger partial charge in [-0.05, 0) is 61.6 Å². The van der Waals surface area contributed by atoms with Crippen LogP contribution in [0, 0.1) is 23.7 Å². The van der Waals surface area contributed by atoms with E-state index in [-0.39, 0.29) is 29.7 Å². The van der Waals surface area contributed by atoms with Crippen LogP contribution in [0.1, 0.15) is 59.4 Å². The van der Waals surface area contributed by atoms with Crippen LogP contribution < -0.4 is 20.5 Å². The van der Waals surface area contributed by atoms with Crippen molar-refractivity contribution < 1.29 is 28.8 Å². The number of carbonyl (C=O) groups excluding carboxylic acids is 1. The van der Waals surface area contributed by atoms with Gasteiger partial charge in [-0.1, -0.05) is 33.8 Å². The predicted molar refractivity (Wildman–Crippen MR) is 163 cm³/mol. The first-order valence-corrected chi connectivity index (χ1v) is 15.4. The summed E-state index contributed by atoms with van der Waals surface area (Å²) in [6.45, 7) is 15.7. The van der Waals surface area contributed by atoms with Gasteiger partial charge in [0, 0.05) is 57.8 Å². The number of carbonyl (C=O) groups is 1. The summed E-state index contributed by atoms with van der Waals surface area (Å²) >= 11 is 0. The van der Waals surface area contributed by atoms with Crippen LogP contribution in [0.5, 0.6) is 11.5 Å². The largest absolute Gasteiger partial charge is 0.493 e. The summed E-state index contributed by atoms with van der Waals surface area (Å²) in [7, 11) is 3.32. The van der Waals surface area contributed by atoms with E-state index >= 15 is 0 Å². The molecular weight excluding hydrogens is 522 g/mol. The van der Waals surface area contributed by atoms with Crippen LogP contribution in [-0.4, -0.2) is 94.4 Å². The number of nitrogens with one attached hydrogen (secondary N) is 1. The molecule has 9 heteroatoms. The van der Waals surface area contributed by atoms with E-state index in [1.165, 1.54) is 0 Å². The molecule has 1 aliphatic rings. The molecule has 1 amide bonds. The van der Waals surface area contributed by atoms with E-state index < -0.39 is 12.1 Å². The molecule has 1 saturated heterocycles. The molecule has 1 aromatic carbocycles. The predicted octanol–water partition coefficient (Wildman–Crippen LogP) is 3.50. The number of aliphatic hydroxyl groups excluding tert-OH is 1. The van der Waals surface area contributed by atoms with Gasteiger partial charge in [0.15, 0.2) is 11.5 Å². The lowest BCUT2D eigenvalue weighted by atomic mass is 9.80. The second-order valence-electron chi connectivity index (χ2n) is 12.3. The summed E-state index contributed by atoms with van der Waals surface area (Å²) in [5, 5.41) is 14.3. The van der Waals surface area contributed by atoms with Gasteiger partial charge in [0.05, 0.1) is 33.0 Å². The van der Waals surface area contributed by atoms with Gasteiger partial charge >= 0.3 is 0 Å². The molecule has 9 nitrogen and oxygen atoms in total. The van der Waals surface area contributed by atoms with Gasteiger partial charge in [-0.2, -0.15) is 0 Å². The second kappa shape index (κ2) is 18.6. The molecule has 5 atom stereocenters. The number of benzene rings is 1. The van der Waals surface area contributed by atoms with E-state index in [1.54, 1.807) is 14.2 Å². The molecule has 0 aliphatic carbocycles. The van der Waals surface area contributed by atoms with Crippen LogP contribution in [0.3, 0.4) is 0 Å². The number of hydrogen-bond donors (Lipinski definition) is 3. The number of amides is 1. The Hall–Kier alpha value is -1.91. The minimum absolute atomic E-state index is 0.0105. The third kappa shape index (κ3) is 12.5. The lowest BCUT2D eigenvalue weighted by molar-refractivity contribution is -0.128. The molecule has 1 aromatic rings. The van der Waals surface area contributed by atoms with Gasteiger partial charge in [-0.15, -0.1) is 0 Å². The number of nitrogens with zero attached hydrogens (tertiary/aromatic N) is 1. The van der Waals surface area contributed by atoms with Gasteiger partial charge in [0.1, 0.15) is 0 Å². The van der Waals surface area contributed by atoms with E-state index in [9.17, 15) is 9.90 Å². The molecule has 1 fully saturated rings. The third-order valence-corrected chi connectivity index (χ3v) is 8.15. The molecule has 0 bridgehead atoms. The topological polar surface area (TPSA) is 116 Å². The SMILES string of the molecule is COCCCOc1cc(C[C@@H](C[C@H](N)[C@@H](O)C[C@H](C(=O)N[C@H](C)CN2CCOCC2)C(C)C)C(C)C)ccc1OC. The van der Waals surface area contributed by atoms with Crippen molar-refractivity contribution in [1.82, 2.24) is 10.2 Å². The molecule has 0 saturated carbocycles. The molecule has 0 aromatic heterocycles. The minimum atomic E-state index is -0.764.